The first-order valence-electron chi connectivity index (χ1n) is 4.03. The van der Waals surface area contributed by atoms with E-state index in [2.05, 4.69) is 0 Å². The number of hydrogen-bond donors (Lipinski definition) is 1. The first-order chi connectivity index (χ1) is 7.01. The highest BCUT2D eigenvalue weighted by atomic mass is 32.2. The first-order valence-corrected chi connectivity index (χ1v) is 5.64. The average Bonchev–Trinajstić information content (AvgIpc) is 2.15. The van der Waals surface area contributed by atoms with Crippen LogP contribution in [0, 0.1) is 0 Å². The van der Waals surface area contributed by atoms with Crippen molar-refractivity contribution < 1.29 is 22.5 Å². The van der Waals surface area contributed by atoms with Crippen LogP contribution in [0.1, 0.15) is 5.56 Å². The summed E-state index contributed by atoms with van der Waals surface area (Å²) in [4.78, 5) is 10.1. The van der Waals surface area contributed by atoms with Crippen molar-refractivity contribution in [2.45, 2.75) is 6.42 Å². The smallest absolute Gasteiger partial charge is 0.300 e. The molecule has 0 heterocycles. The highest BCUT2D eigenvalue weighted by molar-refractivity contribution is 7.85. The van der Waals surface area contributed by atoms with Crippen LogP contribution in [0.2, 0.25) is 0 Å². The van der Waals surface area contributed by atoms with Gasteiger partial charge in [0.05, 0.1) is 0 Å². The zero-order valence-corrected chi connectivity index (χ0v) is 8.53. The third kappa shape index (κ3) is 4.57. The second-order valence-corrected chi connectivity index (χ2v) is 4.21. The maximum absolute atomic E-state index is 10.4. The van der Waals surface area contributed by atoms with E-state index in [1.165, 1.54) is 12.1 Å². The summed E-state index contributed by atoms with van der Waals surface area (Å²) in [5.41, 5.74) is 0.665. The second-order valence-electron chi connectivity index (χ2n) is 2.81. The highest BCUT2D eigenvalue weighted by Gasteiger charge is 2.05. The van der Waals surface area contributed by atoms with Gasteiger partial charge in [-0.05, 0) is 17.7 Å². The lowest BCUT2D eigenvalue weighted by Gasteiger charge is -2.04. The van der Waals surface area contributed by atoms with Gasteiger partial charge in [-0.2, -0.15) is 8.42 Å². The number of ether oxygens (including phenoxy) is 1. The molecule has 0 bridgehead atoms. The Morgan fingerprint density at radius 2 is 2.13 bits per heavy atom. The van der Waals surface area contributed by atoms with Gasteiger partial charge in [-0.3, -0.25) is 9.35 Å². The van der Waals surface area contributed by atoms with Crippen molar-refractivity contribution >= 4 is 16.4 Å². The number of carbonyl (C=O) groups excluding carboxylic acids is 1. The van der Waals surface area contributed by atoms with E-state index >= 15 is 0 Å². The van der Waals surface area contributed by atoms with Crippen LogP contribution < -0.4 is 4.74 Å². The second kappa shape index (κ2) is 4.90. The van der Waals surface area contributed by atoms with Crippen LogP contribution in [0.5, 0.6) is 5.75 Å². The Hall–Kier alpha value is -1.40. The standard InChI is InChI=1S/C9H9O5S/c10-5-4-8-2-1-3-9(6-8)14-7-15(11,12)13/h1-3,6H,4,7H2,(H,11,12,13). The van der Waals surface area contributed by atoms with Crippen molar-refractivity contribution in [2.24, 2.45) is 0 Å². The van der Waals surface area contributed by atoms with E-state index in [0.717, 1.165) is 0 Å². The Kier molecular flexibility index (Phi) is 3.81. The van der Waals surface area contributed by atoms with Crippen LogP contribution in [-0.2, 0) is 21.3 Å². The quantitative estimate of drug-likeness (QED) is 0.746. The van der Waals surface area contributed by atoms with Crippen molar-refractivity contribution in [1.82, 2.24) is 0 Å². The van der Waals surface area contributed by atoms with Gasteiger partial charge in [0, 0.05) is 6.42 Å². The lowest BCUT2D eigenvalue weighted by atomic mass is 10.2. The molecule has 0 unspecified atom stereocenters. The fourth-order valence-corrected chi connectivity index (χ4v) is 1.26. The van der Waals surface area contributed by atoms with Gasteiger partial charge in [0.15, 0.2) is 0 Å². The molecule has 1 aromatic carbocycles. The van der Waals surface area contributed by atoms with Crippen LogP contribution in [-0.4, -0.2) is 25.2 Å². The predicted molar refractivity (Wildman–Crippen MR) is 52.9 cm³/mol. The van der Waals surface area contributed by atoms with Crippen molar-refractivity contribution in [3.63, 3.8) is 0 Å². The summed E-state index contributed by atoms with van der Waals surface area (Å²) in [6.07, 6.45) is 1.82. The normalized spacial score (nSPS) is 11.0. The molecule has 0 amide bonds. The largest absolute Gasteiger partial charge is 0.475 e. The van der Waals surface area contributed by atoms with Gasteiger partial charge in [0.1, 0.15) is 5.75 Å². The van der Waals surface area contributed by atoms with Crippen molar-refractivity contribution in [3.8, 4) is 5.75 Å². The van der Waals surface area contributed by atoms with Crippen molar-refractivity contribution in [3.05, 3.63) is 29.8 Å². The van der Waals surface area contributed by atoms with E-state index in [9.17, 15) is 13.2 Å². The molecular weight excluding hydrogens is 220 g/mol. The van der Waals surface area contributed by atoms with Gasteiger partial charge in [-0.25, -0.2) is 0 Å². The number of rotatable bonds is 5. The van der Waals surface area contributed by atoms with E-state index in [4.69, 9.17) is 9.29 Å². The molecule has 0 aliphatic heterocycles. The highest BCUT2D eigenvalue weighted by Crippen LogP contribution is 2.13. The SMILES string of the molecule is O=[C]Cc1cccc(OCS(=O)(=O)O)c1. The lowest BCUT2D eigenvalue weighted by Crippen LogP contribution is -2.10. The van der Waals surface area contributed by atoms with Crippen LogP contribution in [0.25, 0.3) is 0 Å². The van der Waals surface area contributed by atoms with Crippen LogP contribution in [0.4, 0.5) is 0 Å². The third-order valence-electron chi connectivity index (χ3n) is 1.55. The fraction of sp³-hybridized carbons (Fsp3) is 0.222. The molecule has 0 aliphatic rings. The maximum atomic E-state index is 10.4. The molecule has 1 radical (unpaired) electrons. The predicted octanol–water partition coefficient (Wildman–Crippen LogP) is 0.563. The van der Waals surface area contributed by atoms with Gasteiger partial charge < -0.3 is 4.74 Å². The summed E-state index contributed by atoms with van der Waals surface area (Å²) in [6, 6.07) is 6.34. The molecular formula is C9H9O5S. The molecule has 6 heteroatoms. The van der Waals surface area contributed by atoms with Crippen LogP contribution >= 0.6 is 0 Å². The molecule has 0 atom stereocenters. The molecule has 0 spiro atoms. The fourth-order valence-electron chi connectivity index (χ4n) is 0.971. The monoisotopic (exact) mass is 229 g/mol. The Labute approximate surface area is 87.4 Å². The summed E-state index contributed by atoms with van der Waals surface area (Å²) in [5, 5.41) is 0. The molecule has 1 N–H and O–H groups in total. The molecule has 5 nitrogen and oxygen atoms in total. The van der Waals surface area contributed by atoms with E-state index < -0.39 is 16.1 Å². The Morgan fingerprint density at radius 3 is 2.73 bits per heavy atom. The summed E-state index contributed by atoms with van der Waals surface area (Å²) in [5.74, 6) is -0.526. The lowest BCUT2D eigenvalue weighted by molar-refractivity contribution is 0.352. The zero-order chi connectivity index (χ0) is 11.3. The summed E-state index contributed by atoms with van der Waals surface area (Å²) < 4.78 is 34.0. The first kappa shape index (κ1) is 11.7. The Morgan fingerprint density at radius 1 is 1.40 bits per heavy atom. The average molecular weight is 229 g/mol. The third-order valence-corrected chi connectivity index (χ3v) is 1.96. The molecule has 1 rings (SSSR count). The summed E-state index contributed by atoms with van der Waals surface area (Å²) in [7, 11) is -4.15. The minimum atomic E-state index is -4.15. The maximum Gasteiger partial charge on any atom is 0.300 e. The molecule has 0 aliphatic carbocycles. The zero-order valence-electron chi connectivity index (χ0n) is 7.71. The molecule has 0 saturated heterocycles. The number of hydrogen-bond acceptors (Lipinski definition) is 4. The molecule has 0 fully saturated rings. The minimum Gasteiger partial charge on any atom is -0.475 e. The molecule has 0 aromatic heterocycles. The Bertz CT molecular complexity index is 438. The minimum absolute atomic E-state index is 0.114. The van der Waals surface area contributed by atoms with Gasteiger partial charge in [-0.15, -0.1) is 0 Å². The Balaban J connectivity index is 2.69. The van der Waals surface area contributed by atoms with Crippen molar-refractivity contribution in [2.75, 3.05) is 5.94 Å². The van der Waals surface area contributed by atoms with E-state index in [1.54, 1.807) is 18.4 Å². The van der Waals surface area contributed by atoms with E-state index in [0.29, 0.717) is 5.56 Å². The molecule has 1 aromatic rings. The molecule has 15 heavy (non-hydrogen) atoms. The van der Waals surface area contributed by atoms with Crippen LogP contribution in [0.3, 0.4) is 0 Å². The summed E-state index contributed by atoms with van der Waals surface area (Å²) >= 11 is 0. The molecule has 81 valence electrons. The summed E-state index contributed by atoms with van der Waals surface area (Å²) in [6.45, 7) is 0. The van der Waals surface area contributed by atoms with Gasteiger partial charge in [-0.1, -0.05) is 12.1 Å². The topological polar surface area (TPSA) is 80.7 Å². The molecule has 0 saturated carbocycles. The van der Waals surface area contributed by atoms with Crippen LogP contribution in [0.15, 0.2) is 24.3 Å². The van der Waals surface area contributed by atoms with Gasteiger partial charge in [0.25, 0.3) is 0 Å². The van der Waals surface area contributed by atoms with Gasteiger partial charge in [0.2, 0.25) is 12.2 Å². The van der Waals surface area contributed by atoms with Gasteiger partial charge >= 0.3 is 10.1 Å². The van der Waals surface area contributed by atoms with Crippen molar-refractivity contribution in [1.29, 1.82) is 0 Å². The number of benzene rings is 1. The van der Waals surface area contributed by atoms with E-state index in [-0.39, 0.29) is 12.2 Å². The van der Waals surface area contributed by atoms with E-state index in [1.807, 2.05) is 0 Å².